The molecule has 2 N–H and O–H groups in total. The first-order chi connectivity index (χ1) is 4.29. The molecule has 1 unspecified atom stereocenters. The summed E-state index contributed by atoms with van der Waals surface area (Å²) >= 11 is 1.68. The molecular formula is C6H12N2S. The Hall–Kier alpha value is -0.0200. The SMILES string of the molecule is CC1CCNCC(=N)S1. The average molecular weight is 144 g/mol. The van der Waals surface area contributed by atoms with Crippen molar-refractivity contribution in [3.8, 4) is 0 Å². The van der Waals surface area contributed by atoms with Gasteiger partial charge in [-0.15, -0.1) is 11.8 Å². The van der Waals surface area contributed by atoms with Crippen molar-refractivity contribution in [1.29, 1.82) is 5.41 Å². The molecule has 1 rings (SSSR count). The van der Waals surface area contributed by atoms with Gasteiger partial charge in [0.1, 0.15) is 0 Å². The summed E-state index contributed by atoms with van der Waals surface area (Å²) in [7, 11) is 0. The molecule has 1 fully saturated rings. The predicted molar refractivity (Wildman–Crippen MR) is 42.3 cm³/mol. The summed E-state index contributed by atoms with van der Waals surface area (Å²) in [5.41, 5.74) is 0. The van der Waals surface area contributed by atoms with Gasteiger partial charge in [0.05, 0.1) is 5.04 Å². The first kappa shape index (κ1) is 7.09. The van der Waals surface area contributed by atoms with Gasteiger partial charge in [0.2, 0.25) is 0 Å². The van der Waals surface area contributed by atoms with Gasteiger partial charge >= 0.3 is 0 Å². The summed E-state index contributed by atoms with van der Waals surface area (Å²) in [6.07, 6.45) is 1.19. The number of thioether (sulfide) groups is 1. The smallest absolute Gasteiger partial charge is 0.0782 e. The number of hydrogen-bond donors (Lipinski definition) is 2. The van der Waals surface area contributed by atoms with Gasteiger partial charge in [0, 0.05) is 11.8 Å². The fraction of sp³-hybridized carbons (Fsp3) is 0.833. The summed E-state index contributed by atoms with van der Waals surface area (Å²) < 4.78 is 0. The van der Waals surface area contributed by atoms with Crippen LogP contribution in [0.1, 0.15) is 13.3 Å². The van der Waals surface area contributed by atoms with Gasteiger partial charge in [-0.05, 0) is 13.0 Å². The largest absolute Gasteiger partial charge is 0.311 e. The fourth-order valence-corrected chi connectivity index (χ4v) is 1.76. The molecular weight excluding hydrogens is 132 g/mol. The molecule has 0 bridgehead atoms. The highest BCUT2D eigenvalue weighted by atomic mass is 32.2. The number of hydrogen-bond acceptors (Lipinski definition) is 3. The third-order valence-electron chi connectivity index (χ3n) is 1.36. The van der Waals surface area contributed by atoms with Crippen LogP contribution in [0.15, 0.2) is 0 Å². The summed E-state index contributed by atoms with van der Waals surface area (Å²) in [5.74, 6) is 0. The zero-order valence-electron chi connectivity index (χ0n) is 5.61. The second-order valence-corrected chi connectivity index (χ2v) is 3.85. The van der Waals surface area contributed by atoms with Crippen molar-refractivity contribution in [1.82, 2.24) is 5.32 Å². The Morgan fingerprint density at radius 1 is 1.78 bits per heavy atom. The zero-order chi connectivity index (χ0) is 6.69. The van der Waals surface area contributed by atoms with Crippen LogP contribution in [0.2, 0.25) is 0 Å². The minimum Gasteiger partial charge on any atom is -0.311 e. The summed E-state index contributed by atoms with van der Waals surface area (Å²) in [4.78, 5) is 0. The lowest BCUT2D eigenvalue weighted by atomic mass is 10.3. The zero-order valence-corrected chi connectivity index (χ0v) is 6.42. The van der Waals surface area contributed by atoms with Crippen LogP contribution in [-0.2, 0) is 0 Å². The third-order valence-corrected chi connectivity index (χ3v) is 2.42. The van der Waals surface area contributed by atoms with Crippen LogP contribution in [0.25, 0.3) is 0 Å². The van der Waals surface area contributed by atoms with Gasteiger partial charge in [0.15, 0.2) is 0 Å². The van der Waals surface area contributed by atoms with Crippen LogP contribution in [-0.4, -0.2) is 23.4 Å². The van der Waals surface area contributed by atoms with Crippen molar-refractivity contribution in [2.45, 2.75) is 18.6 Å². The molecule has 52 valence electrons. The second kappa shape index (κ2) is 3.22. The van der Waals surface area contributed by atoms with Crippen LogP contribution in [0.3, 0.4) is 0 Å². The summed E-state index contributed by atoms with van der Waals surface area (Å²) in [6, 6.07) is 0. The number of nitrogens with one attached hydrogen (secondary N) is 2. The lowest BCUT2D eigenvalue weighted by Gasteiger charge is -2.02. The standard InChI is InChI=1S/C6H12N2S/c1-5-2-3-8-4-6(7)9-5/h5,7-8H,2-4H2,1H3. The molecule has 0 aromatic carbocycles. The van der Waals surface area contributed by atoms with E-state index in [2.05, 4.69) is 12.2 Å². The normalized spacial score (nSPS) is 29.9. The molecule has 1 saturated heterocycles. The van der Waals surface area contributed by atoms with Gasteiger partial charge in [-0.1, -0.05) is 6.92 Å². The van der Waals surface area contributed by atoms with E-state index in [-0.39, 0.29) is 0 Å². The fourth-order valence-electron chi connectivity index (χ4n) is 0.851. The van der Waals surface area contributed by atoms with Crippen LogP contribution in [0, 0.1) is 5.41 Å². The molecule has 3 heteroatoms. The van der Waals surface area contributed by atoms with Gasteiger partial charge in [-0.25, -0.2) is 0 Å². The lowest BCUT2D eigenvalue weighted by molar-refractivity contribution is 0.710. The predicted octanol–water partition coefficient (Wildman–Crippen LogP) is 1.08. The van der Waals surface area contributed by atoms with Gasteiger partial charge in [-0.2, -0.15) is 0 Å². The van der Waals surface area contributed by atoms with Crippen LogP contribution in [0.4, 0.5) is 0 Å². The van der Waals surface area contributed by atoms with Crippen LogP contribution < -0.4 is 5.32 Å². The van der Waals surface area contributed by atoms with E-state index >= 15 is 0 Å². The average Bonchev–Trinajstić information content (AvgIpc) is 1.93. The van der Waals surface area contributed by atoms with E-state index in [9.17, 15) is 0 Å². The highest BCUT2D eigenvalue weighted by Crippen LogP contribution is 2.16. The molecule has 0 amide bonds. The molecule has 9 heavy (non-hydrogen) atoms. The van der Waals surface area contributed by atoms with Crippen molar-refractivity contribution < 1.29 is 0 Å². The molecule has 1 heterocycles. The highest BCUT2D eigenvalue weighted by Gasteiger charge is 2.09. The van der Waals surface area contributed by atoms with Gasteiger partial charge < -0.3 is 5.32 Å². The Morgan fingerprint density at radius 3 is 3.33 bits per heavy atom. The van der Waals surface area contributed by atoms with E-state index < -0.39 is 0 Å². The molecule has 0 aromatic rings. The first-order valence-corrected chi connectivity index (χ1v) is 4.12. The molecule has 0 aromatic heterocycles. The summed E-state index contributed by atoms with van der Waals surface area (Å²) in [6.45, 7) is 4.01. The topological polar surface area (TPSA) is 35.9 Å². The Bertz CT molecular complexity index is 114. The quantitative estimate of drug-likeness (QED) is 0.533. The van der Waals surface area contributed by atoms with Crippen molar-refractivity contribution >= 4 is 16.8 Å². The first-order valence-electron chi connectivity index (χ1n) is 3.24. The molecule has 1 aliphatic rings. The molecule has 0 aliphatic carbocycles. The second-order valence-electron chi connectivity index (χ2n) is 2.32. The highest BCUT2D eigenvalue weighted by molar-refractivity contribution is 8.14. The molecule has 0 radical (unpaired) electrons. The maximum Gasteiger partial charge on any atom is 0.0782 e. The van der Waals surface area contributed by atoms with E-state index in [1.54, 1.807) is 11.8 Å². The molecule has 0 spiro atoms. The summed E-state index contributed by atoms with van der Waals surface area (Å²) in [5, 5.41) is 12.0. The number of rotatable bonds is 0. The Kier molecular flexibility index (Phi) is 2.54. The minimum absolute atomic E-state index is 0.632. The van der Waals surface area contributed by atoms with Gasteiger partial charge in [-0.3, -0.25) is 5.41 Å². The molecule has 2 nitrogen and oxygen atoms in total. The molecule has 1 aliphatic heterocycles. The van der Waals surface area contributed by atoms with E-state index in [0.717, 1.165) is 18.1 Å². The maximum absolute atomic E-state index is 7.36. The molecule has 1 atom stereocenters. The van der Waals surface area contributed by atoms with Crippen molar-refractivity contribution in [3.63, 3.8) is 0 Å². The van der Waals surface area contributed by atoms with Crippen molar-refractivity contribution in [2.75, 3.05) is 13.1 Å². The maximum atomic E-state index is 7.36. The lowest BCUT2D eigenvalue weighted by Crippen LogP contribution is -2.18. The van der Waals surface area contributed by atoms with Crippen LogP contribution >= 0.6 is 11.8 Å². The van der Waals surface area contributed by atoms with Gasteiger partial charge in [0.25, 0.3) is 0 Å². The Morgan fingerprint density at radius 2 is 2.56 bits per heavy atom. The molecule has 0 saturated carbocycles. The third kappa shape index (κ3) is 2.37. The van der Waals surface area contributed by atoms with Crippen molar-refractivity contribution in [3.05, 3.63) is 0 Å². The van der Waals surface area contributed by atoms with E-state index in [4.69, 9.17) is 5.41 Å². The minimum atomic E-state index is 0.632. The van der Waals surface area contributed by atoms with Crippen molar-refractivity contribution in [2.24, 2.45) is 0 Å². The van der Waals surface area contributed by atoms with E-state index in [1.165, 1.54) is 6.42 Å². The van der Waals surface area contributed by atoms with E-state index in [0.29, 0.717) is 5.25 Å². The Balaban J connectivity index is 2.37. The Labute approximate surface area is 59.9 Å². The monoisotopic (exact) mass is 144 g/mol. The van der Waals surface area contributed by atoms with E-state index in [1.807, 2.05) is 0 Å². The van der Waals surface area contributed by atoms with Crippen LogP contribution in [0.5, 0.6) is 0 Å².